The third kappa shape index (κ3) is 5.97. The lowest BCUT2D eigenvalue weighted by Gasteiger charge is -2.44. The summed E-state index contributed by atoms with van der Waals surface area (Å²) < 4.78 is 26.0. The van der Waals surface area contributed by atoms with Gasteiger partial charge in [-0.05, 0) is 49.4 Å². The van der Waals surface area contributed by atoms with Crippen LogP contribution in [0.25, 0.3) is 0 Å². The largest absolute Gasteiger partial charge is 0.507 e. The van der Waals surface area contributed by atoms with E-state index in [9.17, 15) is 15.2 Å². The molecule has 0 aromatic heterocycles. The molecule has 2 aliphatic heterocycles. The Hall–Kier alpha value is -3.77. The number of halogens is 1. The summed E-state index contributed by atoms with van der Waals surface area (Å²) in [5.74, 6) is -0.0137. The van der Waals surface area contributed by atoms with Crippen molar-refractivity contribution >= 4 is 5.91 Å². The number of piperidine rings is 1. The van der Waals surface area contributed by atoms with Crippen LogP contribution in [0.4, 0.5) is 4.39 Å². The molecular formula is C28H33FN4O4. The van der Waals surface area contributed by atoms with Crippen molar-refractivity contribution in [2.24, 2.45) is 0 Å². The van der Waals surface area contributed by atoms with E-state index in [4.69, 9.17) is 9.47 Å². The summed E-state index contributed by atoms with van der Waals surface area (Å²) >= 11 is 0. The molecule has 9 heteroatoms. The zero-order chi connectivity index (χ0) is 26.3. The summed E-state index contributed by atoms with van der Waals surface area (Å²) in [6.45, 7) is 2.70. The van der Waals surface area contributed by atoms with E-state index in [1.807, 2.05) is 0 Å². The average Bonchev–Trinajstić information content (AvgIpc) is 3.44. The zero-order valence-electron chi connectivity index (χ0n) is 21.0. The molecule has 3 N–H and O–H groups in total. The van der Waals surface area contributed by atoms with Crippen LogP contribution in [-0.2, 0) is 10.2 Å². The van der Waals surface area contributed by atoms with Crippen LogP contribution < -0.4 is 15.4 Å². The van der Waals surface area contributed by atoms with Crippen molar-refractivity contribution in [1.29, 1.82) is 5.26 Å². The molecule has 2 fully saturated rings. The number of hydrogen-bond donors (Lipinski definition) is 3. The molecule has 2 saturated heterocycles. The number of nitrogens with zero attached hydrogens (tertiary/aromatic N) is 2. The number of nitriles is 1. The quantitative estimate of drug-likeness (QED) is 0.446. The highest BCUT2D eigenvalue weighted by atomic mass is 19.1. The van der Waals surface area contributed by atoms with Crippen LogP contribution in [0.3, 0.4) is 0 Å². The fraction of sp³-hybridized carbons (Fsp3) is 0.429. The summed E-state index contributed by atoms with van der Waals surface area (Å²) in [4.78, 5) is 15.2. The van der Waals surface area contributed by atoms with Gasteiger partial charge < -0.3 is 30.1 Å². The van der Waals surface area contributed by atoms with E-state index in [0.717, 1.165) is 25.3 Å². The summed E-state index contributed by atoms with van der Waals surface area (Å²) in [6.07, 6.45) is 4.76. The number of ether oxygens (including phenoxy) is 2. The third-order valence-electron chi connectivity index (χ3n) is 7.28. The second-order valence-corrected chi connectivity index (χ2v) is 9.46. The van der Waals surface area contributed by atoms with Crippen LogP contribution in [0.15, 0.2) is 54.4 Å². The minimum Gasteiger partial charge on any atom is -0.507 e. The second-order valence-electron chi connectivity index (χ2n) is 9.46. The van der Waals surface area contributed by atoms with Crippen LogP contribution in [0, 0.1) is 17.1 Å². The van der Waals surface area contributed by atoms with Gasteiger partial charge in [0.2, 0.25) is 0 Å². The fourth-order valence-electron chi connectivity index (χ4n) is 5.20. The Kier molecular flexibility index (Phi) is 8.51. The van der Waals surface area contributed by atoms with Crippen molar-refractivity contribution in [2.75, 3.05) is 39.9 Å². The first-order valence-corrected chi connectivity index (χ1v) is 12.6. The summed E-state index contributed by atoms with van der Waals surface area (Å²) in [7, 11) is 1.43. The van der Waals surface area contributed by atoms with Gasteiger partial charge >= 0.3 is 0 Å². The number of allylic oxidation sites excluding steroid dienone is 1. The number of hydrogen-bond acceptors (Lipinski definition) is 7. The van der Waals surface area contributed by atoms with Gasteiger partial charge in [-0.25, -0.2) is 4.39 Å². The maximum Gasteiger partial charge on any atom is 0.258 e. The van der Waals surface area contributed by atoms with Gasteiger partial charge in [-0.1, -0.05) is 24.3 Å². The highest BCUT2D eigenvalue weighted by molar-refractivity contribution is 5.99. The Morgan fingerprint density at radius 3 is 2.73 bits per heavy atom. The smallest absolute Gasteiger partial charge is 0.258 e. The Balaban J connectivity index is 1.51. The van der Waals surface area contributed by atoms with Crippen molar-refractivity contribution in [3.63, 3.8) is 0 Å². The number of carbonyl (C=O) groups is 1. The van der Waals surface area contributed by atoms with Crippen LogP contribution in [-0.4, -0.2) is 61.9 Å². The van der Waals surface area contributed by atoms with Gasteiger partial charge in [-0.15, -0.1) is 0 Å². The molecule has 1 amide bonds. The number of phenols is 1. The maximum atomic E-state index is 15.1. The highest BCUT2D eigenvalue weighted by Gasteiger charge is 2.39. The molecular weight excluding hydrogens is 475 g/mol. The van der Waals surface area contributed by atoms with E-state index in [1.54, 1.807) is 30.3 Å². The molecule has 0 spiro atoms. The third-order valence-corrected chi connectivity index (χ3v) is 7.28. The van der Waals surface area contributed by atoms with Crippen molar-refractivity contribution in [1.82, 2.24) is 15.5 Å². The minimum absolute atomic E-state index is 0.0451. The number of likely N-dealkylation sites (tertiary alicyclic amines) is 1. The Labute approximate surface area is 216 Å². The van der Waals surface area contributed by atoms with Gasteiger partial charge in [-0.2, -0.15) is 5.26 Å². The summed E-state index contributed by atoms with van der Waals surface area (Å²) in [5.41, 5.74) is -0.0809. The number of nitrogens with one attached hydrogen (secondary N) is 2. The van der Waals surface area contributed by atoms with Crippen LogP contribution >= 0.6 is 0 Å². The highest BCUT2D eigenvalue weighted by Crippen LogP contribution is 2.38. The monoisotopic (exact) mass is 508 g/mol. The Morgan fingerprint density at radius 2 is 2.05 bits per heavy atom. The molecule has 0 bridgehead atoms. The average molecular weight is 509 g/mol. The molecule has 0 unspecified atom stereocenters. The lowest BCUT2D eigenvalue weighted by molar-refractivity contribution is 0.0917. The van der Waals surface area contributed by atoms with Gasteiger partial charge in [0.05, 0.1) is 25.4 Å². The van der Waals surface area contributed by atoms with E-state index in [2.05, 4.69) is 21.6 Å². The predicted molar refractivity (Wildman–Crippen MR) is 137 cm³/mol. The lowest BCUT2D eigenvalue weighted by atomic mass is 9.72. The van der Waals surface area contributed by atoms with Crippen molar-refractivity contribution in [2.45, 2.75) is 37.2 Å². The summed E-state index contributed by atoms with van der Waals surface area (Å²) in [6, 6.07) is 13.4. The van der Waals surface area contributed by atoms with Gasteiger partial charge in [0, 0.05) is 38.2 Å². The number of phenolic OH excluding ortho intramolecular Hbond substituents is 1. The summed E-state index contributed by atoms with van der Waals surface area (Å²) in [5, 5.41) is 25.9. The molecule has 0 saturated carbocycles. The molecule has 0 radical (unpaired) electrons. The van der Waals surface area contributed by atoms with E-state index >= 15 is 4.39 Å². The first-order valence-electron chi connectivity index (χ1n) is 12.6. The number of aromatic hydroxyl groups is 1. The standard InChI is InChI=1S/C28H33FN4O4/c1-36-24-10-4-9-23(34)26(24)27(35)32-19-28(21-7-2-3-8-22(21)29)12-15-33(16-13-28)25(11-14-30)31-18-20-6-5-17-37-20/h2-4,7-11,20,31,34H,5-6,12-13,15-19H2,1H3,(H,32,35)/b25-11+/t20-/m1/s1. The predicted octanol–water partition coefficient (Wildman–Crippen LogP) is 3.44. The van der Waals surface area contributed by atoms with E-state index in [1.165, 1.54) is 25.3 Å². The first kappa shape index (κ1) is 26.3. The molecule has 196 valence electrons. The molecule has 4 rings (SSSR count). The molecule has 2 aliphatic rings. The number of carbonyl (C=O) groups excluding carboxylic acids is 1. The number of rotatable bonds is 9. The van der Waals surface area contributed by atoms with Crippen LogP contribution in [0.2, 0.25) is 0 Å². The van der Waals surface area contributed by atoms with Gasteiger partial charge in [-0.3, -0.25) is 4.79 Å². The molecule has 2 heterocycles. The van der Waals surface area contributed by atoms with E-state index in [-0.39, 0.29) is 35.5 Å². The number of methoxy groups -OCH3 is 1. The molecule has 2 aromatic rings. The number of amides is 1. The Bertz CT molecular complexity index is 1170. The molecule has 8 nitrogen and oxygen atoms in total. The van der Waals surface area contributed by atoms with Crippen LogP contribution in [0.5, 0.6) is 11.5 Å². The molecule has 0 aliphatic carbocycles. The minimum atomic E-state index is -0.665. The lowest BCUT2D eigenvalue weighted by Crippen LogP contribution is -2.50. The second kappa shape index (κ2) is 12.0. The SMILES string of the molecule is COc1cccc(O)c1C(=O)NCC1(c2ccccc2F)CCN(/C(=C/C#N)NC[C@H]2CCCO2)CC1. The zero-order valence-corrected chi connectivity index (χ0v) is 21.0. The van der Waals surface area contributed by atoms with Crippen molar-refractivity contribution < 1.29 is 23.8 Å². The first-order chi connectivity index (χ1) is 18.0. The van der Waals surface area contributed by atoms with Crippen molar-refractivity contribution in [3.05, 3.63) is 71.3 Å². The van der Waals surface area contributed by atoms with Gasteiger partial charge in [0.1, 0.15) is 28.7 Å². The molecule has 2 aromatic carbocycles. The van der Waals surface area contributed by atoms with Gasteiger partial charge in [0.25, 0.3) is 5.91 Å². The van der Waals surface area contributed by atoms with Crippen molar-refractivity contribution in [3.8, 4) is 17.6 Å². The van der Waals surface area contributed by atoms with Gasteiger partial charge in [0.15, 0.2) is 0 Å². The topological polar surface area (TPSA) is 107 Å². The molecule has 37 heavy (non-hydrogen) atoms. The maximum absolute atomic E-state index is 15.1. The fourth-order valence-corrected chi connectivity index (χ4v) is 5.20. The molecule has 1 atom stereocenters. The Morgan fingerprint density at radius 1 is 1.27 bits per heavy atom. The van der Waals surface area contributed by atoms with Crippen LogP contribution in [0.1, 0.15) is 41.6 Å². The number of benzene rings is 2. The normalized spacial score (nSPS) is 19.2. The van der Waals surface area contributed by atoms with E-state index < -0.39 is 11.3 Å². The van der Waals surface area contributed by atoms with E-state index in [0.29, 0.717) is 38.0 Å².